The third-order valence-corrected chi connectivity index (χ3v) is 2.31. The Labute approximate surface area is 113 Å². The number of anilines is 1. The summed E-state index contributed by atoms with van der Waals surface area (Å²) in [6, 6.07) is 1.15. The summed E-state index contributed by atoms with van der Waals surface area (Å²) >= 11 is 0. The van der Waals surface area contributed by atoms with E-state index in [-0.39, 0.29) is 25.1 Å². The summed E-state index contributed by atoms with van der Waals surface area (Å²) in [5.74, 6) is -3.37. The van der Waals surface area contributed by atoms with Crippen molar-refractivity contribution in [1.29, 1.82) is 0 Å². The van der Waals surface area contributed by atoms with E-state index in [1.54, 1.807) is 0 Å². The fourth-order valence-corrected chi connectivity index (χ4v) is 1.44. The van der Waals surface area contributed by atoms with Crippen LogP contribution in [0.1, 0.15) is 12.8 Å². The number of carboxylic acids is 1. The standard InChI is InChI=1S/C12H14F2N2O4/c1-20-11-8(13)5-7(6-9(11)14)16-12(19)15-4-2-3-10(17)18/h5-6H,2-4H2,1H3,(H,17,18)(H2,15,16,19). The van der Waals surface area contributed by atoms with Gasteiger partial charge in [0.2, 0.25) is 0 Å². The monoisotopic (exact) mass is 288 g/mol. The van der Waals surface area contributed by atoms with Crippen LogP contribution in [0, 0.1) is 11.6 Å². The molecule has 0 aliphatic carbocycles. The number of rotatable bonds is 6. The minimum absolute atomic E-state index is 0.0727. The lowest BCUT2D eigenvalue weighted by Crippen LogP contribution is -2.29. The molecule has 1 rings (SSSR count). The summed E-state index contributed by atoms with van der Waals surface area (Å²) in [5, 5.41) is 13.0. The van der Waals surface area contributed by atoms with Crippen molar-refractivity contribution < 1.29 is 28.2 Å². The Bertz CT molecular complexity index is 485. The highest BCUT2D eigenvalue weighted by Crippen LogP contribution is 2.25. The second-order valence-electron chi connectivity index (χ2n) is 3.85. The van der Waals surface area contributed by atoms with E-state index >= 15 is 0 Å². The number of amides is 2. The highest BCUT2D eigenvalue weighted by Gasteiger charge is 2.12. The van der Waals surface area contributed by atoms with Crippen molar-refractivity contribution in [2.24, 2.45) is 0 Å². The van der Waals surface area contributed by atoms with Crippen molar-refractivity contribution in [3.63, 3.8) is 0 Å². The van der Waals surface area contributed by atoms with E-state index in [0.717, 1.165) is 19.2 Å². The first-order valence-electron chi connectivity index (χ1n) is 5.73. The molecule has 0 fully saturated rings. The Hall–Kier alpha value is -2.38. The van der Waals surface area contributed by atoms with Crippen LogP contribution in [-0.2, 0) is 4.79 Å². The second-order valence-corrected chi connectivity index (χ2v) is 3.85. The molecule has 6 nitrogen and oxygen atoms in total. The van der Waals surface area contributed by atoms with Crippen molar-refractivity contribution in [2.45, 2.75) is 12.8 Å². The van der Waals surface area contributed by atoms with Crippen LogP contribution in [0.5, 0.6) is 5.75 Å². The van der Waals surface area contributed by atoms with Gasteiger partial charge in [-0.2, -0.15) is 0 Å². The minimum Gasteiger partial charge on any atom is -0.491 e. The van der Waals surface area contributed by atoms with Crippen LogP contribution in [-0.4, -0.2) is 30.8 Å². The van der Waals surface area contributed by atoms with Crippen molar-refractivity contribution in [1.82, 2.24) is 5.32 Å². The first kappa shape index (κ1) is 15.7. The number of hydrogen-bond donors (Lipinski definition) is 3. The van der Waals surface area contributed by atoms with Crippen molar-refractivity contribution in [3.8, 4) is 5.75 Å². The van der Waals surface area contributed by atoms with Crippen LogP contribution in [0.4, 0.5) is 19.3 Å². The third kappa shape index (κ3) is 4.71. The van der Waals surface area contributed by atoms with E-state index in [9.17, 15) is 18.4 Å². The van der Waals surface area contributed by atoms with Gasteiger partial charge in [0, 0.05) is 30.8 Å². The number of carbonyl (C=O) groups is 2. The average Bonchev–Trinajstić information content (AvgIpc) is 2.34. The molecule has 0 saturated heterocycles. The highest BCUT2D eigenvalue weighted by molar-refractivity contribution is 5.89. The summed E-state index contributed by atoms with van der Waals surface area (Å²) in [6.45, 7) is 0.138. The number of ether oxygens (including phenoxy) is 1. The Morgan fingerprint density at radius 3 is 2.40 bits per heavy atom. The molecule has 3 N–H and O–H groups in total. The molecular formula is C12H14F2N2O4. The molecule has 0 heterocycles. The average molecular weight is 288 g/mol. The fraction of sp³-hybridized carbons (Fsp3) is 0.333. The van der Waals surface area contributed by atoms with E-state index in [1.807, 2.05) is 0 Å². The zero-order chi connectivity index (χ0) is 15.1. The molecular weight excluding hydrogens is 274 g/mol. The van der Waals surface area contributed by atoms with Gasteiger partial charge in [0.25, 0.3) is 0 Å². The van der Waals surface area contributed by atoms with E-state index in [2.05, 4.69) is 15.4 Å². The maximum Gasteiger partial charge on any atom is 0.319 e. The van der Waals surface area contributed by atoms with Crippen LogP contribution in [0.3, 0.4) is 0 Å². The summed E-state index contributed by atoms with van der Waals surface area (Å²) in [6.07, 6.45) is 0.181. The third-order valence-electron chi connectivity index (χ3n) is 2.31. The van der Waals surface area contributed by atoms with Crippen LogP contribution in [0.25, 0.3) is 0 Å². The maximum atomic E-state index is 13.4. The number of urea groups is 1. The zero-order valence-electron chi connectivity index (χ0n) is 10.7. The molecule has 0 aromatic heterocycles. The first-order valence-corrected chi connectivity index (χ1v) is 5.73. The van der Waals surface area contributed by atoms with E-state index < -0.39 is 29.4 Å². The molecule has 8 heteroatoms. The second kappa shape index (κ2) is 7.27. The molecule has 0 unspecified atom stereocenters. The van der Waals surface area contributed by atoms with Crippen molar-refractivity contribution in [3.05, 3.63) is 23.8 Å². The number of methoxy groups -OCH3 is 1. The molecule has 0 saturated carbocycles. The minimum atomic E-state index is -0.966. The normalized spacial score (nSPS) is 9.95. The number of hydrogen-bond acceptors (Lipinski definition) is 3. The molecule has 0 atom stereocenters. The number of halogens is 2. The maximum absolute atomic E-state index is 13.4. The smallest absolute Gasteiger partial charge is 0.319 e. The Kier molecular flexibility index (Phi) is 5.70. The molecule has 2 amide bonds. The van der Waals surface area contributed by atoms with Gasteiger partial charge in [0.15, 0.2) is 17.4 Å². The Morgan fingerprint density at radius 1 is 1.30 bits per heavy atom. The van der Waals surface area contributed by atoms with Gasteiger partial charge in [0.05, 0.1) is 7.11 Å². The molecule has 0 aliphatic heterocycles. The van der Waals surface area contributed by atoms with Crippen LogP contribution < -0.4 is 15.4 Å². The van der Waals surface area contributed by atoms with Gasteiger partial charge in [-0.25, -0.2) is 13.6 Å². The Morgan fingerprint density at radius 2 is 1.90 bits per heavy atom. The van der Waals surface area contributed by atoms with Gasteiger partial charge < -0.3 is 20.5 Å². The van der Waals surface area contributed by atoms with E-state index in [4.69, 9.17) is 5.11 Å². The van der Waals surface area contributed by atoms with Crippen molar-refractivity contribution in [2.75, 3.05) is 19.0 Å². The van der Waals surface area contributed by atoms with Gasteiger partial charge in [-0.15, -0.1) is 0 Å². The quantitative estimate of drug-likeness (QED) is 0.698. The molecule has 0 aliphatic rings. The molecule has 0 bridgehead atoms. The molecule has 1 aromatic carbocycles. The molecule has 0 spiro atoms. The Balaban J connectivity index is 2.52. The lowest BCUT2D eigenvalue weighted by atomic mass is 10.2. The summed E-state index contributed by atoms with van der Waals surface area (Å²) in [4.78, 5) is 21.6. The predicted octanol–water partition coefficient (Wildman–Crippen LogP) is 1.96. The molecule has 0 radical (unpaired) electrons. The molecule has 20 heavy (non-hydrogen) atoms. The first-order chi connectivity index (χ1) is 9.43. The SMILES string of the molecule is COc1c(F)cc(NC(=O)NCCCC(=O)O)cc1F. The van der Waals surface area contributed by atoms with Crippen LogP contribution in [0.15, 0.2) is 12.1 Å². The van der Waals surface area contributed by atoms with Gasteiger partial charge in [0.1, 0.15) is 0 Å². The number of carboxylic acid groups (broad SMARTS) is 1. The number of nitrogens with one attached hydrogen (secondary N) is 2. The zero-order valence-corrected chi connectivity index (χ0v) is 10.7. The van der Waals surface area contributed by atoms with Gasteiger partial charge in [-0.05, 0) is 6.42 Å². The fourth-order valence-electron chi connectivity index (χ4n) is 1.44. The lowest BCUT2D eigenvalue weighted by molar-refractivity contribution is -0.137. The number of benzene rings is 1. The molecule has 1 aromatic rings. The summed E-state index contributed by atoms with van der Waals surface area (Å²) in [7, 11) is 1.13. The summed E-state index contributed by atoms with van der Waals surface area (Å²) in [5.41, 5.74) is -0.0727. The van der Waals surface area contributed by atoms with Gasteiger partial charge >= 0.3 is 12.0 Å². The summed E-state index contributed by atoms with van der Waals surface area (Å²) < 4.78 is 31.2. The lowest BCUT2D eigenvalue weighted by Gasteiger charge is -2.09. The highest BCUT2D eigenvalue weighted by atomic mass is 19.1. The van der Waals surface area contributed by atoms with Gasteiger partial charge in [-0.3, -0.25) is 4.79 Å². The van der Waals surface area contributed by atoms with E-state index in [0.29, 0.717) is 0 Å². The largest absolute Gasteiger partial charge is 0.491 e. The number of aliphatic carboxylic acids is 1. The predicted molar refractivity (Wildman–Crippen MR) is 66.8 cm³/mol. The van der Waals surface area contributed by atoms with Crippen LogP contribution >= 0.6 is 0 Å². The van der Waals surface area contributed by atoms with E-state index in [1.165, 1.54) is 0 Å². The number of carbonyl (C=O) groups excluding carboxylic acids is 1. The van der Waals surface area contributed by atoms with Crippen LogP contribution in [0.2, 0.25) is 0 Å². The van der Waals surface area contributed by atoms with Gasteiger partial charge in [-0.1, -0.05) is 0 Å². The topological polar surface area (TPSA) is 87.7 Å². The molecule has 110 valence electrons. The van der Waals surface area contributed by atoms with Crippen molar-refractivity contribution >= 4 is 17.7 Å².